The maximum atomic E-state index is 10.1. The fourth-order valence-corrected chi connectivity index (χ4v) is 5.22. The highest BCUT2D eigenvalue weighted by molar-refractivity contribution is 5.99. The summed E-state index contributed by atoms with van der Waals surface area (Å²) in [6.45, 7) is 4.51. The number of ether oxygens (including phenoxy) is 3. The van der Waals surface area contributed by atoms with Crippen LogP contribution in [0.25, 0.3) is 11.1 Å². The predicted octanol–water partition coefficient (Wildman–Crippen LogP) is 5.69. The van der Waals surface area contributed by atoms with Gasteiger partial charge in [-0.25, -0.2) is 0 Å². The Morgan fingerprint density at radius 2 is 1.71 bits per heavy atom. The number of hydrogen-bond acceptors (Lipinski definition) is 5. The summed E-state index contributed by atoms with van der Waals surface area (Å²) in [5.41, 5.74) is 5.29. The lowest BCUT2D eigenvalue weighted by atomic mass is 9.84. The summed E-state index contributed by atoms with van der Waals surface area (Å²) in [6, 6.07) is 21.6. The highest BCUT2D eigenvalue weighted by Gasteiger charge is 2.35. The Bertz CT molecular complexity index is 1210. The maximum absolute atomic E-state index is 10.1. The fourth-order valence-electron chi connectivity index (χ4n) is 5.22. The highest BCUT2D eigenvalue weighted by atomic mass is 16.5. The van der Waals surface area contributed by atoms with Crippen LogP contribution >= 0.6 is 0 Å². The molecule has 3 heterocycles. The van der Waals surface area contributed by atoms with E-state index in [-0.39, 0.29) is 11.9 Å². The van der Waals surface area contributed by atoms with Gasteiger partial charge in [-0.2, -0.15) is 0 Å². The number of likely N-dealkylation sites (tertiary alicyclic amines) is 1. The van der Waals surface area contributed by atoms with Crippen LogP contribution in [0.5, 0.6) is 23.0 Å². The first-order valence-electron chi connectivity index (χ1n) is 12.2. The van der Waals surface area contributed by atoms with Gasteiger partial charge in [-0.05, 0) is 61.8 Å². The summed E-state index contributed by atoms with van der Waals surface area (Å²) in [5.74, 6) is 2.61. The number of nitrogens with zero attached hydrogens (tertiary/aromatic N) is 1. The molecule has 1 N–H and O–H groups in total. The van der Waals surface area contributed by atoms with E-state index in [1.165, 1.54) is 32.4 Å². The zero-order valence-corrected chi connectivity index (χ0v) is 19.2. The molecule has 174 valence electrons. The van der Waals surface area contributed by atoms with E-state index in [1.807, 2.05) is 36.4 Å². The van der Waals surface area contributed by atoms with Crippen LogP contribution in [0, 0.1) is 0 Å². The van der Waals surface area contributed by atoms with Crippen molar-refractivity contribution in [1.29, 1.82) is 0 Å². The third-order valence-corrected chi connectivity index (χ3v) is 6.98. The van der Waals surface area contributed by atoms with Gasteiger partial charge < -0.3 is 19.3 Å². The second-order valence-electron chi connectivity index (χ2n) is 9.18. The second-order valence-corrected chi connectivity index (χ2v) is 9.18. The molecule has 0 radical (unpaired) electrons. The summed E-state index contributed by atoms with van der Waals surface area (Å²) in [6.07, 6.45) is 3.64. The lowest BCUT2D eigenvalue weighted by Gasteiger charge is -2.35. The molecule has 5 nitrogen and oxygen atoms in total. The van der Waals surface area contributed by atoms with Crippen LogP contribution in [0.2, 0.25) is 0 Å². The average Bonchev–Trinajstić information content (AvgIpc) is 2.89. The molecule has 3 aliphatic rings. The van der Waals surface area contributed by atoms with Crippen molar-refractivity contribution in [3.8, 4) is 23.0 Å². The van der Waals surface area contributed by atoms with Crippen molar-refractivity contribution in [2.24, 2.45) is 0 Å². The number of aromatic hydroxyl groups is 1. The van der Waals surface area contributed by atoms with Crippen molar-refractivity contribution < 1.29 is 19.3 Å². The van der Waals surface area contributed by atoms with E-state index in [9.17, 15) is 5.11 Å². The van der Waals surface area contributed by atoms with Crippen LogP contribution in [-0.4, -0.2) is 42.9 Å². The molecule has 3 aliphatic heterocycles. The third kappa shape index (κ3) is 4.01. The molecule has 1 atom stereocenters. The van der Waals surface area contributed by atoms with E-state index < -0.39 is 0 Å². The van der Waals surface area contributed by atoms with Crippen molar-refractivity contribution in [2.75, 3.05) is 32.8 Å². The summed E-state index contributed by atoms with van der Waals surface area (Å²) < 4.78 is 18.6. The molecule has 34 heavy (non-hydrogen) atoms. The summed E-state index contributed by atoms with van der Waals surface area (Å²) in [5, 5.41) is 10.1. The first-order chi connectivity index (χ1) is 16.8. The Kier molecular flexibility index (Phi) is 5.63. The Morgan fingerprint density at radius 1 is 0.882 bits per heavy atom. The quantitative estimate of drug-likeness (QED) is 0.535. The van der Waals surface area contributed by atoms with Gasteiger partial charge in [0.05, 0.1) is 0 Å². The van der Waals surface area contributed by atoms with Crippen molar-refractivity contribution >= 4 is 11.1 Å². The molecule has 3 aromatic rings. The lowest BCUT2D eigenvalue weighted by molar-refractivity contribution is 0.183. The van der Waals surface area contributed by atoms with Crippen LogP contribution in [0.4, 0.5) is 0 Å². The first kappa shape index (κ1) is 21.1. The first-order valence-corrected chi connectivity index (χ1v) is 12.2. The van der Waals surface area contributed by atoms with Crippen molar-refractivity contribution in [2.45, 2.75) is 25.4 Å². The Hall–Kier alpha value is -3.44. The molecule has 0 saturated carbocycles. The van der Waals surface area contributed by atoms with E-state index in [4.69, 9.17) is 14.2 Å². The fraction of sp³-hybridized carbons (Fsp3) is 0.310. The molecular formula is C29H29NO4. The molecule has 0 aliphatic carbocycles. The minimum atomic E-state index is -0.295. The number of hydrogen-bond donors (Lipinski definition) is 1. The predicted molar refractivity (Wildman–Crippen MR) is 132 cm³/mol. The van der Waals surface area contributed by atoms with Crippen LogP contribution in [0.1, 0.15) is 42.1 Å². The SMILES string of the molecule is Oc1ccc2c(c1)O[C@@H](c1ccc(OCCN3CCCCC3)cc1)C1=C2COc2ccccc21. The Balaban J connectivity index is 1.28. The number of phenols is 1. The van der Waals surface area contributed by atoms with Gasteiger partial charge >= 0.3 is 0 Å². The van der Waals surface area contributed by atoms with Gasteiger partial charge in [0.2, 0.25) is 0 Å². The highest BCUT2D eigenvalue weighted by Crippen LogP contribution is 2.51. The molecule has 6 rings (SSSR count). The smallest absolute Gasteiger partial charge is 0.150 e. The molecule has 0 aromatic heterocycles. The van der Waals surface area contributed by atoms with Gasteiger partial charge in [0, 0.05) is 34.9 Å². The van der Waals surface area contributed by atoms with Gasteiger partial charge in [-0.1, -0.05) is 36.8 Å². The van der Waals surface area contributed by atoms with Gasteiger partial charge in [0.25, 0.3) is 0 Å². The summed E-state index contributed by atoms with van der Waals surface area (Å²) in [7, 11) is 0. The van der Waals surface area contributed by atoms with E-state index >= 15 is 0 Å². The van der Waals surface area contributed by atoms with E-state index in [0.29, 0.717) is 19.0 Å². The molecule has 3 aromatic carbocycles. The molecule has 1 fully saturated rings. The summed E-state index contributed by atoms with van der Waals surface area (Å²) in [4.78, 5) is 2.48. The van der Waals surface area contributed by atoms with E-state index in [1.54, 1.807) is 12.1 Å². The second kappa shape index (κ2) is 9.07. The maximum Gasteiger partial charge on any atom is 0.150 e. The van der Waals surface area contributed by atoms with Crippen molar-refractivity contribution in [1.82, 2.24) is 4.90 Å². The molecular weight excluding hydrogens is 426 g/mol. The Morgan fingerprint density at radius 3 is 2.56 bits per heavy atom. The number of rotatable bonds is 5. The van der Waals surface area contributed by atoms with Crippen LogP contribution < -0.4 is 14.2 Å². The zero-order valence-electron chi connectivity index (χ0n) is 19.2. The monoisotopic (exact) mass is 455 g/mol. The molecule has 0 amide bonds. The lowest BCUT2D eigenvalue weighted by Crippen LogP contribution is -2.33. The van der Waals surface area contributed by atoms with Crippen LogP contribution in [0.3, 0.4) is 0 Å². The minimum absolute atomic E-state index is 0.191. The van der Waals surface area contributed by atoms with Gasteiger partial charge in [-0.15, -0.1) is 0 Å². The normalized spacial score (nSPS) is 19.4. The molecule has 1 saturated heterocycles. The molecule has 5 heteroatoms. The van der Waals surface area contributed by atoms with Crippen LogP contribution in [-0.2, 0) is 0 Å². The number of benzene rings is 3. The van der Waals surface area contributed by atoms with Crippen molar-refractivity contribution in [3.05, 3.63) is 83.4 Å². The minimum Gasteiger partial charge on any atom is -0.508 e. The van der Waals surface area contributed by atoms with Crippen molar-refractivity contribution in [3.63, 3.8) is 0 Å². The number of phenolic OH excluding ortho intramolecular Hbond substituents is 1. The molecule has 0 spiro atoms. The number of fused-ring (bicyclic) bond motifs is 4. The van der Waals surface area contributed by atoms with Gasteiger partial charge in [0.1, 0.15) is 36.2 Å². The topological polar surface area (TPSA) is 51.2 Å². The van der Waals surface area contributed by atoms with Gasteiger partial charge in [-0.3, -0.25) is 4.90 Å². The van der Waals surface area contributed by atoms with Crippen LogP contribution in [0.15, 0.2) is 66.7 Å². The number of piperidine rings is 1. The van der Waals surface area contributed by atoms with Gasteiger partial charge in [0.15, 0.2) is 6.10 Å². The Labute approximate surface area is 200 Å². The standard InChI is InChI=1S/C29H29NO4/c31-21-10-13-23-25-19-33-26-7-3-2-6-24(26)28(25)29(34-27(23)18-21)20-8-11-22(12-9-20)32-17-16-30-14-4-1-5-15-30/h2-3,6-13,18,29,31H,1,4-5,14-17,19H2/t29-/m0/s1. The number of para-hydroxylation sites is 1. The average molecular weight is 456 g/mol. The largest absolute Gasteiger partial charge is 0.508 e. The van der Waals surface area contributed by atoms with E-state index in [2.05, 4.69) is 23.1 Å². The van der Waals surface area contributed by atoms with E-state index in [0.717, 1.165) is 45.9 Å². The molecule has 0 unspecified atom stereocenters. The third-order valence-electron chi connectivity index (χ3n) is 6.98. The zero-order chi connectivity index (χ0) is 22.9. The summed E-state index contributed by atoms with van der Waals surface area (Å²) >= 11 is 0. The molecule has 0 bridgehead atoms.